The van der Waals surface area contributed by atoms with Gasteiger partial charge in [0.1, 0.15) is 0 Å². The number of hydrogen-bond acceptors (Lipinski definition) is 2. The molecule has 112 valence electrons. The third-order valence-corrected chi connectivity index (χ3v) is 4.14. The first-order chi connectivity index (χ1) is 9.16. The monoisotopic (exact) mass is 268 g/mol. The number of carbonyl (C=O) groups is 1. The molecule has 19 heavy (non-hydrogen) atoms. The summed E-state index contributed by atoms with van der Waals surface area (Å²) in [5, 5.41) is 6.54. The van der Waals surface area contributed by atoms with E-state index in [4.69, 9.17) is 0 Å². The Bertz CT molecular complexity index is 247. The second-order valence-corrected chi connectivity index (χ2v) is 6.24. The van der Waals surface area contributed by atoms with Crippen LogP contribution in [0.2, 0.25) is 0 Å². The molecular weight excluding hydrogens is 236 g/mol. The topological polar surface area (TPSA) is 41.1 Å². The molecule has 1 amide bonds. The van der Waals surface area contributed by atoms with Crippen molar-refractivity contribution in [2.24, 2.45) is 0 Å². The summed E-state index contributed by atoms with van der Waals surface area (Å²) in [6.45, 7) is 6.31. The smallest absolute Gasteiger partial charge is 0.220 e. The van der Waals surface area contributed by atoms with Crippen LogP contribution in [-0.4, -0.2) is 24.5 Å². The molecule has 3 nitrogen and oxygen atoms in total. The summed E-state index contributed by atoms with van der Waals surface area (Å²) >= 11 is 0. The van der Waals surface area contributed by atoms with Crippen LogP contribution in [0.4, 0.5) is 0 Å². The number of unbranched alkanes of at least 4 members (excludes halogenated alkanes) is 6. The molecule has 0 aromatic heterocycles. The highest BCUT2D eigenvalue weighted by Crippen LogP contribution is 2.17. The normalized spacial score (nSPS) is 22.6. The van der Waals surface area contributed by atoms with Crippen molar-refractivity contribution in [3.8, 4) is 0 Å². The van der Waals surface area contributed by atoms with Crippen LogP contribution < -0.4 is 10.6 Å². The standard InChI is InChI=1S/C16H32N2O/c1-3-4-5-6-7-8-9-11-15(19)17-14-16(2)12-10-13-18-16/h18H,3-14H2,1-2H3,(H,17,19). The van der Waals surface area contributed by atoms with Gasteiger partial charge in [-0.1, -0.05) is 45.4 Å². The zero-order valence-corrected chi connectivity index (χ0v) is 12.9. The lowest BCUT2D eigenvalue weighted by Crippen LogP contribution is -2.47. The van der Waals surface area contributed by atoms with Crippen molar-refractivity contribution in [1.82, 2.24) is 10.6 Å². The summed E-state index contributed by atoms with van der Waals surface area (Å²) < 4.78 is 0. The van der Waals surface area contributed by atoms with E-state index in [1.807, 2.05) is 0 Å². The molecule has 1 aliphatic rings. The molecule has 0 aromatic rings. The van der Waals surface area contributed by atoms with E-state index in [-0.39, 0.29) is 11.4 Å². The molecule has 0 radical (unpaired) electrons. The molecule has 0 aliphatic carbocycles. The van der Waals surface area contributed by atoms with E-state index < -0.39 is 0 Å². The highest BCUT2D eigenvalue weighted by Gasteiger charge is 2.27. The average molecular weight is 268 g/mol. The lowest BCUT2D eigenvalue weighted by atomic mass is 10.0. The number of rotatable bonds is 10. The lowest BCUT2D eigenvalue weighted by Gasteiger charge is -2.24. The first-order valence-electron chi connectivity index (χ1n) is 8.18. The Labute approximate surface area is 118 Å². The van der Waals surface area contributed by atoms with E-state index in [2.05, 4.69) is 24.5 Å². The minimum atomic E-state index is 0.135. The summed E-state index contributed by atoms with van der Waals surface area (Å²) in [4.78, 5) is 11.7. The SMILES string of the molecule is CCCCCCCCCC(=O)NCC1(C)CCCN1. The van der Waals surface area contributed by atoms with Crippen LogP contribution in [0.3, 0.4) is 0 Å². The molecule has 1 heterocycles. The van der Waals surface area contributed by atoms with Gasteiger partial charge in [-0.05, 0) is 32.7 Å². The molecule has 1 atom stereocenters. The molecule has 0 bridgehead atoms. The molecule has 2 N–H and O–H groups in total. The predicted molar refractivity (Wildman–Crippen MR) is 81.3 cm³/mol. The molecule has 1 aliphatic heterocycles. The molecule has 1 unspecified atom stereocenters. The van der Waals surface area contributed by atoms with Crippen LogP contribution in [-0.2, 0) is 4.79 Å². The fraction of sp³-hybridized carbons (Fsp3) is 0.938. The Morgan fingerprint density at radius 2 is 1.84 bits per heavy atom. The van der Waals surface area contributed by atoms with Gasteiger partial charge in [0.25, 0.3) is 0 Å². The van der Waals surface area contributed by atoms with E-state index in [9.17, 15) is 4.79 Å². The Balaban J connectivity index is 1.93. The van der Waals surface area contributed by atoms with Crippen LogP contribution in [0.25, 0.3) is 0 Å². The molecule has 0 spiro atoms. The summed E-state index contributed by atoms with van der Waals surface area (Å²) in [7, 11) is 0. The van der Waals surface area contributed by atoms with Gasteiger partial charge in [0.15, 0.2) is 0 Å². The molecule has 1 rings (SSSR count). The van der Waals surface area contributed by atoms with Crippen molar-refractivity contribution in [1.29, 1.82) is 0 Å². The van der Waals surface area contributed by atoms with Crippen molar-refractivity contribution >= 4 is 5.91 Å². The average Bonchev–Trinajstić information content (AvgIpc) is 2.83. The fourth-order valence-electron chi connectivity index (χ4n) is 2.73. The van der Waals surface area contributed by atoms with Gasteiger partial charge in [-0.15, -0.1) is 0 Å². The van der Waals surface area contributed by atoms with Crippen LogP contribution in [0.15, 0.2) is 0 Å². The van der Waals surface area contributed by atoms with E-state index in [1.54, 1.807) is 0 Å². The highest BCUT2D eigenvalue weighted by atomic mass is 16.1. The zero-order chi connectivity index (χ0) is 14.0. The van der Waals surface area contributed by atoms with Crippen molar-refractivity contribution in [3.63, 3.8) is 0 Å². The van der Waals surface area contributed by atoms with Gasteiger partial charge in [0.2, 0.25) is 5.91 Å². The van der Waals surface area contributed by atoms with Gasteiger partial charge in [-0.3, -0.25) is 4.79 Å². The lowest BCUT2D eigenvalue weighted by molar-refractivity contribution is -0.121. The van der Waals surface area contributed by atoms with E-state index in [1.165, 1.54) is 51.4 Å². The predicted octanol–water partition coefficient (Wildman–Crippen LogP) is 3.39. The van der Waals surface area contributed by atoms with Gasteiger partial charge in [-0.2, -0.15) is 0 Å². The van der Waals surface area contributed by atoms with Gasteiger partial charge >= 0.3 is 0 Å². The highest BCUT2D eigenvalue weighted by molar-refractivity contribution is 5.75. The zero-order valence-electron chi connectivity index (χ0n) is 12.9. The number of hydrogen-bond donors (Lipinski definition) is 2. The molecule has 0 aromatic carbocycles. The Kier molecular flexibility index (Phi) is 8.11. The molecule has 1 fully saturated rings. The maximum Gasteiger partial charge on any atom is 0.220 e. The maximum atomic E-state index is 11.7. The van der Waals surface area contributed by atoms with Gasteiger partial charge in [0, 0.05) is 18.5 Å². The molecule has 1 saturated heterocycles. The molecular formula is C16H32N2O. The Morgan fingerprint density at radius 1 is 1.16 bits per heavy atom. The van der Waals surface area contributed by atoms with Gasteiger partial charge < -0.3 is 10.6 Å². The van der Waals surface area contributed by atoms with Crippen LogP contribution in [0, 0.1) is 0 Å². The van der Waals surface area contributed by atoms with Gasteiger partial charge in [-0.25, -0.2) is 0 Å². The minimum absolute atomic E-state index is 0.135. The summed E-state index contributed by atoms with van der Waals surface area (Å²) in [5.41, 5.74) is 0.135. The van der Waals surface area contributed by atoms with Crippen LogP contribution in [0.5, 0.6) is 0 Å². The second kappa shape index (κ2) is 9.35. The summed E-state index contributed by atoms with van der Waals surface area (Å²) in [6, 6.07) is 0. The maximum absolute atomic E-state index is 11.7. The van der Waals surface area contributed by atoms with Crippen molar-refractivity contribution < 1.29 is 4.79 Å². The van der Waals surface area contributed by atoms with E-state index >= 15 is 0 Å². The van der Waals surface area contributed by atoms with Crippen molar-refractivity contribution in [2.45, 2.75) is 83.6 Å². The largest absolute Gasteiger partial charge is 0.354 e. The molecule has 0 saturated carbocycles. The Morgan fingerprint density at radius 3 is 2.47 bits per heavy atom. The number of carbonyl (C=O) groups excluding carboxylic acids is 1. The quantitative estimate of drug-likeness (QED) is 0.596. The van der Waals surface area contributed by atoms with Crippen molar-refractivity contribution in [3.05, 3.63) is 0 Å². The van der Waals surface area contributed by atoms with Crippen molar-refractivity contribution in [2.75, 3.05) is 13.1 Å². The van der Waals surface area contributed by atoms with E-state index in [0.717, 1.165) is 19.5 Å². The first-order valence-corrected chi connectivity index (χ1v) is 8.18. The third kappa shape index (κ3) is 7.56. The summed E-state index contributed by atoms with van der Waals surface area (Å²) in [6.07, 6.45) is 12.0. The van der Waals surface area contributed by atoms with E-state index in [0.29, 0.717) is 6.42 Å². The van der Waals surface area contributed by atoms with Gasteiger partial charge in [0.05, 0.1) is 0 Å². The van der Waals surface area contributed by atoms with Crippen LogP contribution in [0.1, 0.15) is 78.1 Å². The fourth-order valence-corrected chi connectivity index (χ4v) is 2.73. The second-order valence-electron chi connectivity index (χ2n) is 6.24. The molecule has 3 heteroatoms. The number of amides is 1. The van der Waals surface area contributed by atoms with Crippen LogP contribution >= 0.6 is 0 Å². The minimum Gasteiger partial charge on any atom is -0.354 e. The Hall–Kier alpha value is -0.570. The third-order valence-electron chi connectivity index (χ3n) is 4.14. The summed E-state index contributed by atoms with van der Waals surface area (Å²) in [5.74, 6) is 0.225. The first kappa shape index (κ1) is 16.5. The number of nitrogens with one attached hydrogen (secondary N) is 2.